The summed E-state index contributed by atoms with van der Waals surface area (Å²) in [5.74, 6) is 1.59. The molecule has 3 heterocycles. The molecule has 3 aromatic heterocycles. The number of hydrogen-bond acceptors (Lipinski definition) is 5. The Hall–Kier alpha value is -8.15. The van der Waals surface area contributed by atoms with Gasteiger partial charge in [0.1, 0.15) is 22.3 Å². The lowest BCUT2D eigenvalue weighted by Gasteiger charge is -2.09. The second-order valence-corrected chi connectivity index (χ2v) is 15.1. The summed E-state index contributed by atoms with van der Waals surface area (Å²) in [5.41, 5.74) is 12.3. The number of nitrogens with zero attached hydrogens (tertiary/aromatic N) is 3. The average Bonchev–Trinajstić information content (AvgIpc) is 3.91. The normalized spacial score (nSPS) is 11.7. The molecule has 0 unspecified atom stereocenters. The lowest BCUT2D eigenvalue weighted by atomic mass is 9.95. The molecule has 280 valence electrons. The Morgan fingerprint density at radius 3 is 1.30 bits per heavy atom. The zero-order chi connectivity index (χ0) is 39.6. The predicted molar refractivity (Wildman–Crippen MR) is 245 cm³/mol. The first-order valence-electron chi connectivity index (χ1n) is 20.1. The summed E-state index contributed by atoms with van der Waals surface area (Å²) in [6, 6.07) is 69.1. The van der Waals surface area contributed by atoms with E-state index in [0.29, 0.717) is 17.5 Å². The first-order valence-corrected chi connectivity index (χ1v) is 20.1. The van der Waals surface area contributed by atoms with E-state index in [2.05, 4.69) is 152 Å². The third-order valence-electron chi connectivity index (χ3n) is 11.5. The van der Waals surface area contributed by atoms with E-state index in [0.717, 1.165) is 99.2 Å². The monoisotopic (exact) mass is 767 g/mol. The molecule has 0 amide bonds. The lowest BCUT2D eigenvalue weighted by Crippen LogP contribution is -2.00. The van der Waals surface area contributed by atoms with Crippen molar-refractivity contribution in [2.24, 2.45) is 0 Å². The number of fused-ring (bicyclic) bond motifs is 8. The molecule has 0 spiro atoms. The molecule has 12 aromatic rings. The number of furan rings is 2. The molecule has 9 aromatic carbocycles. The van der Waals surface area contributed by atoms with Crippen molar-refractivity contribution in [1.82, 2.24) is 15.0 Å². The SMILES string of the molecule is c1ccc(-c2cccc(-c3cccc4c3oc3c(-c5nc(-c6ccccc6)nc(-c6cccc7c6oc6c8ccccc8c(-c8ccccc8)cc76)n5)cccc34)c2)cc1. The molecule has 0 saturated carbocycles. The fourth-order valence-electron chi connectivity index (χ4n) is 8.71. The van der Waals surface area contributed by atoms with E-state index in [1.165, 1.54) is 5.56 Å². The minimum absolute atomic E-state index is 0.515. The highest BCUT2D eigenvalue weighted by Crippen LogP contribution is 2.44. The maximum absolute atomic E-state index is 6.94. The van der Waals surface area contributed by atoms with Crippen LogP contribution in [-0.4, -0.2) is 15.0 Å². The number of para-hydroxylation sites is 3. The van der Waals surface area contributed by atoms with Crippen LogP contribution in [0.5, 0.6) is 0 Å². The van der Waals surface area contributed by atoms with Gasteiger partial charge in [0.05, 0.1) is 11.1 Å². The Labute approximate surface area is 344 Å². The topological polar surface area (TPSA) is 65.0 Å². The van der Waals surface area contributed by atoms with Crippen LogP contribution in [0.4, 0.5) is 0 Å². The van der Waals surface area contributed by atoms with E-state index in [1.807, 2.05) is 48.5 Å². The van der Waals surface area contributed by atoms with Gasteiger partial charge in [-0.05, 0) is 57.5 Å². The van der Waals surface area contributed by atoms with E-state index in [4.69, 9.17) is 23.8 Å². The van der Waals surface area contributed by atoms with Crippen LogP contribution in [0.15, 0.2) is 209 Å². The van der Waals surface area contributed by atoms with Gasteiger partial charge in [0.2, 0.25) is 0 Å². The lowest BCUT2D eigenvalue weighted by molar-refractivity contribution is 0.670. The Morgan fingerprint density at radius 2 is 0.650 bits per heavy atom. The second kappa shape index (κ2) is 13.8. The standard InChI is InChI=1S/C55H33N3O2/c1-4-16-34(17-5-1)37-22-12-23-38(32-37)39-26-13-27-42-43-28-14-30-45(50(43)59-49(39)42)54-56-53(36-20-8-3-9-21-36)57-55(58-54)46-31-15-29-44-48-33-47(35-18-6-2-7-19-35)40-24-10-11-25-41(40)52(48)60-51(44)46/h1-33H. The molecular weight excluding hydrogens is 735 g/mol. The van der Waals surface area contributed by atoms with Crippen molar-refractivity contribution >= 4 is 54.6 Å². The zero-order valence-electron chi connectivity index (χ0n) is 32.2. The van der Waals surface area contributed by atoms with Gasteiger partial charge in [0.25, 0.3) is 0 Å². The molecular formula is C55H33N3O2. The van der Waals surface area contributed by atoms with Crippen LogP contribution >= 0.6 is 0 Å². The summed E-state index contributed by atoms with van der Waals surface area (Å²) >= 11 is 0. The predicted octanol–water partition coefficient (Wildman–Crippen LogP) is 14.8. The summed E-state index contributed by atoms with van der Waals surface area (Å²) in [7, 11) is 0. The van der Waals surface area contributed by atoms with E-state index >= 15 is 0 Å². The maximum atomic E-state index is 6.94. The smallest absolute Gasteiger partial charge is 0.167 e. The molecule has 0 radical (unpaired) electrons. The summed E-state index contributed by atoms with van der Waals surface area (Å²) in [5, 5.41) is 6.25. The molecule has 5 nitrogen and oxygen atoms in total. The number of benzene rings is 9. The van der Waals surface area contributed by atoms with Crippen molar-refractivity contribution in [3.05, 3.63) is 200 Å². The summed E-state index contributed by atoms with van der Waals surface area (Å²) in [6.07, 6.45) is 0. The third kappa shape index (κ3) is 5.52. The summed E-state index contributed by atoms with van der Waals surface area (Å²) < 4.78 is 13.9. The van der Waals surface area contributed by atoms with Crippen molar-refractivity contribution in [3.8, 4) is 67.5 Å². The molecule has 0 aliphatic carbocycles. The molecule has 60 heavy (non-hydrogen) atoms. The van der Waals surface area contributed by atoms with Crippen molar-refractivity contribution in [3.63, 3.8) is 0 Å². The van der Waals surface area contributed by atoms with Crippen LogP contribution < -0.4 is 0 Å². The third-order valence-corrected chi connectivity index (χ3v) is 11.5. The fraction of sp³-hybridized carbons (Fsp3) is 0. The Morgan fingerprint density at radius 1 is 0.233 bits per heavy atom. The van der Waals surface area contributed by atoms with E-state index in [-0.39, 0.29) is 0 Å². The number of aromatic nitrogens is 3. The van der Waals surface area contributed by atoms with E-state index in [9.17, 15) is 0 Å². The zero-order valence-corrected chi connectivity index (χ0v) is 32.2. The van der Waals surface area contributed by atoms with Gasteiger partial charge in [-0.3, -0.25) is 0 Å². The Kier molecular flexibility index (Phi) is 7.78. The van der Waals surface area contributed by atoms with Gasteiger partial charge in [0, 0.05) is 38.1 Å². The first-order chi connectivity index (χ1) is 29.7. The molecule has 0 fully saturated rings. The fourth-order valence-corrected chi connectivity index (χ4v) is 8.71. The van der Waals surface area contributed by atoms with Crippen LogP contribution in [0.1, 0.15) is 0 Å². The highest BCUT2D eigenvalue weighted by Gasteiger charge is 2.22. The minimum atomic E-state index is 0.515. The Balaban J connectivity index is 1.06. The summed E-state index contributed by atoms with van der Waals surface area (Å²) in [4.78, 5) is 15.5. The van der Waals surface area contributed by atoms with Crippen LogP contribution in [0.25, 0.3) is 122 Å². The van der Waals surface area contributed by atoms with Gasteiger partial charge in [-0.1, -0.05) is 176 Å². The van der Waals surface area contributed by atoms with Crippen LogP contribution in [0, 0.1) is 0 Å². The van der Waals surface area contributed by atoms with Crippen LogP contribution in [-0.2, 0) is 0 Å². The van der Waals surface area contributed by atoms with Gasteiger partial charge in [0.15, 0.2) is 17.5 Å². The molecule has 0 aliphatic heterocycles. The number of rotatable bonds is 6. The molecule has 0 saturated heterocycles. The molecule has 0 atom stereocenters. The van der Waals surface area contributed by atoms with Crippen molar-refractivity contribution in [1.29, 1.82) is 0 Å². The Bertz CT molecular complexity index is 3590. The average molecular weight is 768 g/mol. The van der Waals surface area contributed by atoms with Crippen LogP contribution in [0.2, 0.25) is 0 Å². The van der Waals surface area contributed by atoms with E-state index in [1.54, 1.807) is 0 Å². The maximum Gasteiger partial charge on any atom is 0.167 e. The molecule has 5 heteroatoms. The molecule has 0 aliphatic rings. The number of hydrogen-bond donors (Lipinski definition) is 0. The van der Waals surface area contributed by atoms with Gasteiger partial charge < -0.3 is 8.83 Å². The molecule has 12 rings (SSSR count). The van der Waals surface area contributed by atoms with Gasteiger partial charge >= 0.3 is 0 Å². The molecule has 0 N–H and O–H groups in total. The largest absolute Gasteiger partial charge is 0.455 e. The highest BCUT2D eigenvalue weighted by atomic mass is 16.3. The summed E-state index contributed by atoms with van der Waals surface area (Å²) in [6.45, 7) is 0. The molecule has 0 bridgehead atoms. The van der Waals surface area contributed by atoms with E-state index < -0.39 is 0 Å². The minimum Gasteiger partial charge on any atom is -0.455 e. The van der Waals surface area contributed by atoms with Crippen LogP contribution in [0.3, 0.4) is 0 Å². The second-order valence-electron chi connectivity index (χ2n) is 15.1. The van der Waals surface area contributed by atoms with Gasteiger partial charge in [-0.2, -0.15) is 0 Å². The van der Waals surface area contributed by atoms with Gasteiger partial charge in [-0.25, -0.2) is 15.0 Å². The quantitative estimate of drug-likeness (QED) is 0.169. The van der Waals surface area contributed by atoms with Crippen molar-refractivity contribution in [2.45, 2.75) is 0 Å². The highest BCUT2D eigenvalue weighted by molar-refractivity contribution is 6.20. The first kappa shape index (κ1) is 33.9. The van der Waals surface area contributed by atoms with Crippen molar-refractivity contribution < 1.29 is 8.83 Å². The van der Waals surface area contributed by atoms with Crippen molar-refractivity contribution in [2.75, 3.05) is 0 Å². The van der Waals surface area contributed by atoms with Gasteiger partial charge in [-0.15, -0.1) is 0 Å².